The van der Waals surface area contributed by atoms with Crippen LogP contribution in [0.2, 0.25) is 10.0 Å². The summed E-state index contributed by atoms with van der Waals surface area (Å²) in [5.41, 5.74) is 0. The van der Waals surface area contributed by atoms with Crippen LogP contribution in [0.1, 0.15) is 0 Å². The highest BCUT2D eigenvalue weighted by atomic mass is 35.5. The zero-order valence-corrected chi connectivity index (χ0v) is 6.15. The van der Waals surface area contributed by atoms with Crippen molar-refractivity contribution in [3.8, 4) is 0 Å². The van der Waals surface area contributed by atoms with Crippen molar-refractivity contribution in [2.75, 3.05) is 0 Å². The first-order valence-electron chi connectivity index (χ1n) is 2.20. The van der Waals surface area contributed by atoms with Gasteiger partial charge in [0.1, 0.15) is 0 Å². The summed E-state index contributed by atoms with van der Waals surface area (Å²) in [5, 5.41) is 1.36. The monoisotopic (exact) mass is 157 g/mol. The summed E-state index contributed by atoms with van der Waals surface area (Å²) in [6.07, 6.45) is 0. The van der Waals surface area contributed by atoms with Gasteiger partial charge in [-0.2, -0.15) is 0 Å². The van der Waals surface area contributed by atoms with Crippen LogP contribution in [-0.4, -0.2) is 8.41 Å². The third-order valence-electron chi connectivity index (χ3n) is 0.787. The summed E-state index contributed by atoms with van der Waals surface area (Å²) >= 11 is 11.1. The molecule has 0 heterocycles. The van der Waals surface area contributed by atoms with Crippen LogP contribution in [0.15, 0.2) is 24.3 Å². The lowest BCUT2D eigenvalue weighted by atomic mass is 10.4. The van der Waals surface area contributed by atoms with E-state index in [0.29, 0.717) is 10.0 Å². The standard InChI is InChI=1S/C6H4Cl2.B/c7-5-2-1-3-6(8)4-5;/h1-4H;. The molecule has 1 aromatic rings. The fraction of sp³-hybridized carbons (Fsp3) is 0. The van der Waals surface area contributed by atoms with Crippen molar-refractivity contribution in [3.63, 3.8) is 0 Å². The summed E-state index contributed by atoms with van der Waals surface area (Å²) in [7, 11) is 0. The molecule has 0 fully saturated rings. The molecule has 0 aliphatic carbocycles. The summed E-state index contributed by atoms with van der Waals surface area (Å²) in [6, 6.07) is 7.08. The van der Waals surface area contributed by atoms with Crippen molar-refractivity contribution in [2.24, 2.45) is 0 Å². The average molecular weight is 158 g/mol. The van der Waals surface area contributed by atoms with Crippen LogP contribution >= 0.6 is 23.2 Å². The molecule has 0 saturated carbocycles. The molecule has 0 unspecified atom stereocenters. The molecule has 0 aliphatic heterocycles. The maximum Gasteiger partial charge on any atom is 0.0420 e. The second-order valence-electron chi connectivity index (χ2n) is 1.44. The van der Waals surface area contributed by atoms with Crippen molar-refractivity contribution in [1.29, 1.82) is 0 Å². The zero-order valence-electron chi connectivity index (χ0n) is 4.64. The Balaban J connectivity index is 0.000000640. The van der Waals surface area contributed by atoms with Gasteiger partial charge in [0.05, 0.1) is 0 Å². The number of rotatable bonds is 0. The van der Waals surface area contributed by atoms with Crippen molar-refractivity contribution >= 4 is 31.6 Å². The molecule has 0 N–H and O–H groups in total. The Morgan fingerprint density at radius 1 is 1.00 bits per heavy atom. The van der Waals surface area contributed by atoms with Crippen LogP contribution in [-0.2, 0) is 0 Å². The summed E-state index contributed by atoms with van der Waals surface area (Å²) in [5.74, 6) is 0. The quantitative estimate of drug-likeness (QED) is 0.508. The van der Waals surface area contributed by atoms with Crippen molar-refractivity contribution in [1.82, 2.24) is 0 Å². The Labute approximate surface area is 66.4 Å². The van der Waals surface area contributed by atoms with Crippen LogP contribution in [0, 0.1) is 0 Å². The predicted octanol–water partition coefficient (Wildman–Crippen LogP) is 2.61. The van der Waals surface area contributed by atoms with Gasteiger partial charge >= 0.3 is 0 Å². The molecule has 0 spiro atoms. The Kier molecular flexibility index (Phi) is 3.75. The fourth-order valence-corrected chi connectivity index (χ4v) is 0.896. The second-order valence-corrected chi connectivity index (χ2v) is 2.31. The van der Waals surface area contributed by atoms with E-state index in [4.69, 9.17) is 23.2 Å². The lowest BCUT2D eigenvalue weighted by molar-refractivity contribution is 1.71. The van der Waals surface area contributed by atoms with Crippen LogP contribution in [0.5, 0.6) is 0 Å². The molecule has 45 valence electrons. The molecule has 0 atom stereocenters. The summed E-state index contributed by atoms with van der Waals surface area (Å²) < 4.78 is 0. The van der Waals surface area contributed by atoms with Gasteiger partial charge in [0.2, 0.25) is 0 Å². The Morgan fingerprint density at radius 3 is 1.67 bits per heavy atom. The van der Waals surface area contributed by atoms with Crippen molar-refractivity contribution in [2.45, 2.75) is 0 Å². The first-order valence-corrected chi connectivity index (χ1v) is 2.96. The molecule has 9 heavy (non-hydrogen) atoms. The van der Waals surface area contributed by atoms with Crippen LogP contribution in [0.3, 0.4) is 0 Å². The molecule has 0 aliphatic rings. The maximum absolute atomic E-state index is 5.56. The number of hydrogen-bond acceptors (Lipinski definition) is 0. The van der Waals surface area contributed by atoms with Gasteiger partial charge in [0, 0.05) is 18.5 Å². The molecule has 0 nitrogen and oxygen atoms in total. The largest absolute Gasteiger partial charge is 0.0843 e. The van der Waals surface area contributed by atoms with E-state index in [1.807, 2.05) is 6.07 Å². The average Bonchev–Trinajstić information content (AvgIpc) is 1.64. The molecule has 3 radical (unpaired) electrons. The van der Waals surface area contributed by atoms with Gasteiger partial charge < -0.3 is 0 Å². The minimum Gasteiger partial charge on any atom is -0.0843 e. The second kappa shape index (κ2) is 3.81. The number of benzene rings is 1. The molecule has 3 heteroatoms. The fourth-order valence-electron chi connectivity index (χ4n) is 0.460. The lowest BCUT2D eigenvalue weighted by Gasteiger charge is -1.86. The Hall–Kier alpha value is -0.135. The smallest absolute Gasteiger partial charge is 0.0420 e. The molecular formula is C6H4BCl2. The Morgan fingerprint density at radius 2 is 1.44 bits per heavy atom. The minimum absolute atomic E-state index is 0. The van der Waals surface area contributed by atoms with Crippen LogP contribution in [0.25, 0.3) is 0 Å². The van der Waals surface area contributed by atoms with Crippen molar-refractivity contribution in [3.05, 3.63) is 34.3 Å². The molecule has 1 aromatic carbocycles. The van der Waals surface area contributed by atoms with E-state index < -0.39 is 0 Å². The van der Waals surface area contributed by atoms with E-state index in [2.05, 4.69) is 0 Å². The highest BCUT2D eigenvalue weighted by Gasteiger charge is 1.84. The number of halogens is 2. The molecular weight excluding hydrogens is 154 g/mol. The molecule has 0 amide bonds. The maximum atomic E-state index is 5.56. The van der Waals surface area contributed by atoms with Gasteiger partial charge in [0.25, 0.3) is 0 Å². The highest BCUT2D eigenvalue weighted by Crippen LogP contribution is 2.13. The van der Waals surface area contributed by atoms with Crippen molar-refractivity contribution < 1.29 is 0 Å². The normalized spacial score (nSPS) is 8.22. The van der Waals surface area contributed by atoms with Gasteiger partial charge in [-0.05, 0) is 18.2 Å². The van der Waals surface area contributed by atoms with Gasteiger partial charge in [-0.25, -0.2) is 0 Å². The van der Waals surface area contributed by atoms with Crippen LogP contribution < -0.4 is 0 Å². The van der Waals surface area contributed by atoms with E-state index >= 15 is 0 Å². The van der Waals surface area contributed by atoms with E-state index in [1.54, 1.807) is 18.2 Å². The third kappa shape index (κ3) is 2.78. The van der Waals surface area contributed by atoms with E-state index in [-0.39, 0.29) is 8.41 Å². The SMILES string of the molecule is Clc1cccc(Cl)c1.[B]. The van der Waals surface area contributed by atoms with Gasteiger partial charge in [0.15, 0.2) is 0 Å². The predicted molar refractivity (Wildman–Crippen MR) is 42.2 cm³/mol. The highest BCUT2D eigenvalue weighted by molar-refractivity contribution is 6.34. The molecule has 0 bridgehead atoms. The van der Waals surface area contributed by atoms with Crippen LogP contribution in [0.4, 0.5) is 0 Å². The Bertz CT molecular complexity index is 171. The van der Waals surface area contributed by atoms with E-state index in [1.165, 1.54) is 0 Å². The summed E-state index contributed by atoms with van der Waals surface area (Å²) in [6.45, 7) is 0. The lowest BCUT2D eigenvalue weighted by Crippen LogP contribution is -1.61. The zero-order chi connectivity index (χ0) is 5.98. The topological polar surface area (TPSA) is 0 Å². The van der Waals surface area contributed by atoms with E-state index in [9.17, 15) is 0 Å². The first-order chi connectivity index (χ1) is 3.79. The minimum atomic E-state index is 0. The van der Waals surface area contributed by atoms with E-state index in [0.717, 1.165) is 0 Å². The first kappa shape index (κ1) is 8.86. The summed E-state index contributed by atoms with van der Waals surface area (Å²) in [4.78, 5) is 0. The van der Waals surface area contributed by atoms with Gasteiger partial charge in [-0.3, -0.25) is 0 Å². The third-order valence-corrected chi connectivity index (χ3v) is 1.26. The molecule has 1 rings (SSSR count). The van der Waals surface area contributed by atoms with Gasteiger partial charge in [-0.1, -0.05) is 29.3 Å². The molecule has 0 aromatic heterocycles. The number of hydrogen-bond donors (Lipinski definition) is 0. The molecule has 0 saturated heterocycles. The van der Waals surface area contributed by atoms with Gasteiger partial charge in [-0.15, -0.1) is 0 Å².